The molecule has 0 spiro atoms. The number of benzene rings is 2. The number of nitrogens with zero attached hydrogens (tertiary/aromatic N) is 6. The summed E-state index contributed by atoms with van der Waals surface area (Å²) < 4.78 is 21.0. The van der Waals surface area contributed by atoms with Gasteiger partial charge in [0.05, 0.1) is 25.2 Å². The number of piperazine rings is 2. The van der Waals surface area contributed by atoms with Gasteiger partial charge in [0, 0.05) is 43.5 Å². The van der Waals surface area contributed by atoms with Crippen molar-refractivity contribution in [1.82, 2.24) is 29.8 Å². The van der Waals surface area contributed by atoms with Gasteiger partial charge in [-0.3, -0.25) is 19.6 Å². The number of para-hydroxylation sites is 1. The number of fused-ring (bicyclic) bond motifs is 2. The van der Waals surface area contributed by atoms with Crippen LogP contribution in [0.15, 0.2) is 53.3 Å². The van der Waals surface area contributed by atoms with Gasteiger partial charge in [0.2, 0.25) is 5.91 Å². The Labute approximate surface area is 211 Å². The molecule has 0 aliphatic carbocycles. The van der Waals surface area contributed by atoms with Gasteiger partial charge in [0.25, 0.3) is 5.56 Å². The molecule has 0 saturated carbocycles. The first-order valence-corrected chi connectivity index (χ1v) is 12.1. The van der Waals surface area contributed by atoms with Crippen LogP contribution >= 0.6 is 0 Å². The Balaban J connectivity index is 1.31. The second kappa shape index (κ2) is 9.00. The van der Waals surface area contributed by atoms with Crippen LogP contribution in [0.25, 0.3) is 28.0 Å². The Bertz CT molecular complexity index is 1550. The van der Waals surface area contributed by atoms with Crippen LogP contribution in [-0.2, 0) is 4.79 Å². The topological polar surface area (TPSA) is 99.6 Å². The Morgan fingerprint density at radius 2 is 1.89 bits per heavy atom. The molecular weight excluding hydrogens is 477 g/mol. The van der Waals surface area contributed by atoms with Crippen LogP contribution in [-0.4, -0.2) is 88.6 Å². The van der Waals surface area contributed by atoms with Gasteiger partial charge in [-0.25, -0.2) is 4.39 Å². The van der Waals surface area contributed by atoms with Crippen molar-refractivity contribution in [3.05, 3.63) is 64.7 Å². The van der Waals surface area contributed by atoms with Crippen molar-refractivity contribution in [3.8, 4) is 22.7 Å². The SMILES string of the molecule is COc1cccc(F)c1-n1nc2c(-c3ccc(N4CCN5C(=O)CN(C)CC5C4)cc3)n[nH]c2cc1=O. The summed E-state index contributed by atoms with van der Waals surface area (Å²) in [6.45, 7) is 3.60. The number of amides is 1. The number of nitrogens with one attached hydrogen (secondary N) is 1. The van der Waals surface area contributed by atoms with E-state index in [2.05, 4.69) is 25.1 Å². The molecule has 2 aromatic carbocycles. The van der Waals surface area contributed by atoms with Crippen LogP contribution in [0, 0.1) is 5.82 Å². The third-order valence-electron chi connectivity index (χ3n) is 7.06. The van der Waals surface area contributed by atoms with Crippen molar-refractivity contribution in [2.45, 2.75) is 6.04 Å². The fraction of sp³-hybridized carbons (Fsp3) is 0.308. The number of methoxy groups -OCH3 is 1. The van der Waals surface area contributed by atoms with Crippen molar-refractivity contribution in [2.24, 2.45) is 0 Å². The minimum absolute atomic E-state index is 0.0506. The lowest BCUT2D eigenvalue weighted by Crippen LogP contribution is -2.63. The summed E-state index contributed by atoms with van der Waals surface area (Å²) in [4.78, 5) is 31.5. The molecule has 10 nitrogen and oxygen atoms in total. The number of anilines is 1. The van der Waals surface area contributed by atoms with Gasteiger partial charge in [-0.15, -0.1) is 0 Å². The van der Waals surface area contributed by atoms with E-state index < -0.39 is 11.4 Å². The number of likely N-dealkylation sites (N-methyl/N-ethyl adjacent to an activating group) is 1. The largest absolute Gasteiger partial charge is 0.494 e. The molecule has 2 aliphatic heterocycles. The van der Waals surface area contributed by atoms with E-state index in [1.54, 1.807) is 6.07 Å². The highest BCUT2D eigenvalue weighted by Gasteiger charge is 2.35. The fourth-order valence-corrected chi connectivity index (χ4v) is 5.26. The number of hydrogen-bond acceptors (Lipinski definition) is 7. The quantitative estimate of drug-likeness (QED) is 0.454. The van der Waals surface area contributed by atoms with Crippen LogP contribution in [0.5, 0.6) is 5.75 Å². The number of halogens is 1. The van der Waals surface area contributed by atoms with Gasteiger partial charge in [-0.1, -0.05) is 18.2 Å². The van der Waals surface area contributed by atoms with E-state index in [-0.39, 0.29) is 23.4 Å². The Morgan fingerprint density at radius 3 is 2.68 bits per heavy atom. The van der Waals surface area contributed by atoms with Crippen molar-refractivity contribution in [2.75, 3.05) is 51.8 Å². The van der Waals surface area contributed by atoms with Gasteiger partial charge in [0.1, 0.15) is 22.6 Å². The molecule has 2 aliphatic rings. The average Bonchev–Trinajstić information content (AvgIpc) is 3.30. The molecule has 37 heavy (non-hydrogen) atoms. The number of H-pyrrole nitrogens is 1. The molecule has 2 aromatic heterocycles. The monoisotopic (exact) mass is 503 g/mol. The smallest absolute Gasteiger partial charge is 0.273 e. The van der Waals surface area contributed by atoms with Crippen LogP contribution < -0.4 is 15.2 Å². The van der Waals surface area contributed by atoms with Crippen LogP contribution in [0.3, 0.4) is 0 Å². The summed E-state index contributed by atoms with van der Waals surface area (Å²) in [6, 6.07) is 13.8. The summed E-state index contributed by atoms with van der Waals surface area (Å²) in [5.74, 6) is -0.221. The maximum atomic E-state index is 14.7. The highest BCUT2D eigenvalue weighted by molar-refractivity contribution is 5.89. The number of aromatic nitrogens is 4. The zero-order chi connectivity index (χ0) is 25.7. The first-order chi connectivity index (χ1) is 17.9. The van der Waals surface area contributed by atoms with Crippen molar-refractivity contribution >= 4 is 22.6 Å². The molecule has 190 valence electrons. The summed E-state index contributed by atoms with van der Waals surface area (Å²) in [7, 11) is 3.39. The van der Waals surface area contributed by atoms with E-state index in [0.29, 0.717) is 29.8 Å². The standard InChI is InChI=1S/C26H26FN7O3/c1-31-13-18-14-32(10-11-33(18)23(36)15-31)17-8-6-16(7-9-17)24-25-20(28-29-24)12-22(35)34(30-25)26-19(27)4-3-5-21(26)37-2/h3-9,12,18,28H,10-11,13-15H2,1-2H3. The second-order valence-electron chi connectivity index (χ2n) is 9.45. The van der Waals surface area contributed by atoms with Crippen molar-refractivity contribution in [3.63, 3.8) is 0 Å². The van der Waals surface area contributed by atoms with Gasteiger partial charge in [-0.05, 0) is 31.3 Å². The second-order valence-corrected chi connectivity index (χ2v) is 9.45. The molecule has 0 radical (unpaired) electrons. The zero-order valence-corrected chi connectivity index (χ0v) is 20.5. The molecule has 1 unspecified atom stereocenters. The summed E-state index contributed by atoms with van der Waals surface area (Å²) in [5.41, 5.74) is 2.75. The number of ether oxygens (including phenoxy) is 1. The maximum Gasteiger partial charge on any atom is 0.273 e. The Morgan fingerprint density at radius 1 is 1.08 bits per heavy atom. The van der Waals surface area contributed by atoms with Crippen molar-refractivity contribution < 1.29 is 13.9 Å². The number of hydrogen-bond donors (Lipinski definition) is 1. The van der Waals surface area contributed by atoms with Gasteiger partial charge < -0.3 is 14.5 Å². The minimum atomic E-state index is -0.617. The summed E-state index contributed by atoms with van der Waals surface area (Å²) >= 11 is 0. The van der Waals surface area contributed by atoms with E-state index in [9.17, 15) is 14.0 Å². The van der Waals surface area contributed by atoms with Gasteiger partial charge >= 0.3 is 0 Å². The third kappa shape index (κ3) is 4.01. The normalized spacial score (nSPS) is 18.4. The van der Waals surface area contributed by atoms with E-state index in [0.717, 1.165) is 35.6 Å². The van der Waals surface area contributed by atoms with E-state index in [1.807, 2.05) is 36.2 Å². The van der Waals surface area contributed by atoms with Crippen LogP contribution in [0.2, 0.25) is 0 Å². The molecule has 2 fully saturated rings. The number of aromatic amines is 1. The Kier molecular flexibility index (Phi) is 5.64. The number of rotatable bonds is 4. The molecule has 4 heterocycles. The first kappa shape index (κ1) is 23.2. The van der Waals surface area contributed by atoms with Gasteiger partial charge in [0.15, 0.2) is 5.82 Å². The molecule has 2 saturated heterocycles. The first-order valence-electron chi connectivity index (χ1n) is 12.1. The van der Waals surface area contributed by atoms with Crippen LogP contribution in [0.1, 0.15) is 0 Å². The lowest BCUT2D eigenvalue weighted by Gasteiger charge is -2.47. The lowest BCUT2D eigenvalue weighted by molar-refractivity contribution is -0.139. The molecule has 1 N–H and O–H groups in total. The minimum Gasteiger partial charge on any atom is -0.494 e. The van der Waals surface area contributed by atoms with E-state index >= 15 is 0 Å². The molecule has 0 bridgehead atoms. The Hall–Kier alpha value is -4.25. The molecule has 1 amide bonds. The molecule has 6 rings (SSSR count). The van der Waals surface area contributed by atoms with Crippen molar-refractivity contribution in [1.29, 1.82) is 0 Å². The molecule has 4 aromatic rings. The predicted octanol–water partition coefficient (Wildman–Crippen LogP) is 1.89. The highest BCUT2D eigenvalue weighted by atomic mass is 19.1. The van der Waals surface area contributed by atoms with E-state index in [4.69, 9.17) is 4.74 Å². The fourth-order valence-electron chi connectivity index (χ4n) is 5.26. The molecule has 1 atom stereocenters. The highest BCUT2D eigenvalue weighted by Crippen LogP contribution is 2.29. The maximum absolute atomic E-state index is 14.7. The van der Waals surface area contributed by atoms with Crippen LogP contribution in [0.4, 0.5) is 10.1 Å². The third-order valence-corrected chi connectivity index (χ3v) is 7.06. The average molecular weight is 504 g/mol. The number of carbonyl (C=O) groups is 1. The van der Waals surface area contributed by atoms with E-state index in [1.165, 1.54) is 25.3 Å². The summed E-state index contributed by atoms with van der Waals surface area (Å²) in [6.07, 6.45) is 0. The lowest BCUT2D eigenvalue weighted by atomic mass is 10.1. The molecule has 11 heteroatoms. The zero-order valence-electron chi connectivity index (χ0n) is 20.5. The number of carbonyl (C=O) groups excluding carboxylic acids is 1. The molecular formula is C26H26FN7O3. The summed E-state index contributed by atoms with van der Waals surface area (Å²) in [5, 5.41) is 11.7. The van der Waals surface area contributed by atoms with Gasteiger partial charge in [-0.2, -0.15) is 14.9 Å². The predicted molar refractivity (Wildman–Crippen MR) is 137 cm³/mol.